The van der Waals surface area contributed by atoms with Crippen LogP contribution in [0.15, 0.2) is 107 Å². The highest BCUT2D eigenvalue weighted by Gasteiger charge is 2.19. The smallest absolute Gasteiger partial charge is 0.421 e. The SMILES string of the molecule is CC(=O)Nc1ccc(-c2c(C)nn(-c3ccc(CCOC(=O)NS(=O)(=O)c4ccc(C)cc4)cc3)c2C)cc1.Cc1ccc(S(N)(=O)=O)cc1. The number of rotatable bonds is 9. The molecule has 262 valence electrons. The van der Waals surface area contributed by atoms with Crippen molar-refractivity contribution in [2.45, 2.75) is 50.8 Å². The number of primary sulfonamides is 1. The quantitative estimate of drug-likeness (QED) is 0.173. The molecular formula is C36H39N5O7S2. The molecule has 0 saturated heterocycles. The summed E-state index contributed by atoms with van der Waals surface area (Å²) in [6.07, 6.45) is -0.603. The molecule has 12 nitrogen and oxygen atoms in total. The number of amides is 2. The van der Waals surface area contributed by atoms with Gasteiger partial charge in [-0.25, -0.2) is 36.2 Å². The molecule has 0 bridgehead atoms. The number of ether oxygens (including phenoxy) is 1. The van der Waals surface area contributed by atoms with Crippen LogP contribution in [-0.2, 0) is 36.0 Å². The predicted molar refractivity (Wildman–Crippen MR) is 192 cm³/mol. The number of aromatic nitrogens is 2. The Morgan fingerprint density at radius 3 is 1.82 bits per heavy atom. The molecule has 5 rings (SSSR count). The Morgan fingerprint density at radius 2 is 1.30 bits per heavy atom. The molecule has 1 heterocycles. The third-order valence-electron chi connectivity index (χ3n) is 7.49. The van der Waals surface area contributed by atoms with Crippen molar-refractivity contribution in [1.29, 1.82) is 0 Å². The van der Waals surface area contributed by atoms with Gasteiger partial charge in [-0.2, -0.15) is 5.10 Å². The lowest BCUT2D eigenvalue weighted by molar-refractivity contribution is -0.114. The fraction of sp³-hybridized carbons (Fsp3) is 0.194. The van der Waals surface area contributed by atoms with Gasteiger partial charge in [0.25, 0.3) is 10.0 Å². The fourth-order valence-corrected chi connectivity index (χ4v) is 6.35. The summed E-state index contributed by atoms with van der Waals surface area (Å²) in [4.78, 5) is 23.5. The number of benzene rings is 4. The van der Waals surface area contributed by atoms with Gasteiger partial charge >= 0.3 is 6.09 Å². The summed E-state index contributed by atoms with van der Waals surface area (Å²) in [6.45, 7) is 9.18. The average molecular weight is 718 g/mol. The molecule has 0 saturated carbocycles. The Balaban J connectivity index is 0.000000435. The van der Waals surface area contributed by atoms with Gasteiger partial charge in [0.15, 0.2) is 0 Å². The molecule has 0 radical (unpaired) electrons. The maximum atomic E-state index is 12.3. The molecule has 4 N–H and O–H groups in total. The zero-order chi connectivity index (χ0) is 36.6. The third-order valence-corrected chi connectivity index (χ3v) is 9.75. The van der Waals surface area contributed by atoms with Crippen molar-refractivity contribution in [3.63, 3.8) is 0 Å². The van der Waals surface area contributed by atoms with E-state index in [4.69, 9.17) is 15.0 Å². The summed E-state index contributed by atoms with van der Waals surface area (Å²) in [5.41, 5.74) is 8.33. The van der Waals surface area contributed by atoms with Gasteiger partial charge in [0.05, 0.1) is 27.8 Å². The van der Waals surface area contributed by atoms with Crippen molar-refractivity contribution in [2.24, 2.45) is 5.14 Å². The molecule has 0 spiro atoms. The summed E-state index contributed by atoms with van der Waals surface area (Å²) in [5.74, 6) is -0.118. The van der Waals surface area contributed by atoms with E-state index in [1.807, 2.05) is 85.6 Å². The van der Waals surface area contributed by atoms with Gasteiger partial charge in [0.1, 0.15) is 0 Å². The number of carbonyl (C=O) groups excluding carboxylic acids is 2. The Hall–Kier alpha value is -5.31. The van der Waals surface area contributed by atoms with Gasteiger partial charge in [-0.1, -0.05) is 59.7 Å². The minimum absolute atomic E-state index is 0.00467. The van der Waals surface area contributed by atoms with Crippen LogP contribution < -0.4 is 15.2 Å². The Bertz CT molecular complexity index is 2180. The maximum Gasteiger partial charge on any atom is 0.421 e. The highest BCUT2D eigenvalue weighted by molar-refractivity contribution is 7.90. The number of hydrogen-bond acceptors (Lipinski definition) is 8. The first kappa shape index (κ1) is 37.5. The van der Waals surface area contributed by atoms with E-state index in [0.29, 0.717) is 6.42 Å². The second kappa shape index (κ2) is 15.9. The zero-order valence-corrected chi connectivity index (χ0v) is 29.9. The summed E-state index contributed by atoms with van der Waals surface area (Å²) in [6, 6.07) is 27.9. The summed E-state index contributed by atoms with van der Waals surface area (Å²) in [5, 5.41) is 12.4. The standard InChI is InChI=1S/C29H30N4O5S.C7H9NO2S/c1-19-5-15-27(16-6-19)39(36,37)32-29(35)38-18-17-23-7-13-26(14-8-23)33-21(3)28(20(2)31-33)24-9-11-25(12-10-24)30-22(4)34;1-6-2-4-7(5-3-6)11(8,9)10/h5-16H,17-18H2,1-4H3,(H,30,34)(H,32,35);2-5H,1H3,(H2,8,9,10). The summed E-state index contributed by atoms with van der Waals surface area (Å²) >= 11 is 0. The van der Waals surface area contributed by atoms with E-state index in [0.717, 1.165) is 50.6 Å². The van der Waals surface area contributed by atoms with Crippen LogP contribution in [-0.4, -0.2) is 45.2 Å². The molecule has 0 fully saturated rings. The number of nitrogens with one attached hydrogen (secondary N) is 2. The highest BCUT2D eigenvalue weighted by Crippen LogP contribution is 2.30. The van der Waals surface area contributed by atoms with Crippen molar-refractivity contribution < 1.29 is 31.2 Å². The van der Waals surface area contributed by atoms with Crippen LogP contribution in [0.1, 0.15) is 35.0 Å². The number of aryl methyl sites for hydroxylation is 3. The third kappa shape index (κ3) is 10.1. The van der Waals surface area contributed by atoms with Crippen molar-refractivity contribution in [3.8, 4) is 16.8 Å². The van der Waals surface area contributed by atoms with Gasteiger partial charge in [0, 0.05) is 30.3 Å². The Labute approximate surface area is 292 Å². The van der Waals surface area contributed by atoms with E-state index in [1.54, 1.807) is 24.3 Å². The molecular weight excluding hydrogens is 679 g/mol. The largest absolute Gasteiger partial charge is 0.448 e. The molecule has 14 heteroatoms. The van der Waals surface area contributed by atoms with Crippen molar-refractivity contribution in [1.82, 2.24) is 14.5 Å². The monoisotopic (exact) mass is 717 g/mol. The minimum atomic E-state index is -3.99. The molecule has 0 aliphatic carbocycles. The van der Waals surface area contributed by atoms with Gasteiger partial charge < -0.3 is 10.1 Å². The first-order valence-electron chi connectivity index (χ1n) is 15.4. The molecule has 0 aliphatic heterocycles. The van der Waals surface area contributed by atoms with Crippen LogP contribution in [0.3, 0.4) is 0 Å². The molecule has 0 unspecified atom stereocenters. The Kier molecular flexibility index (Phi) is 12.0. The number of nitrogens with zero attached hydrogens (tertiary/aromatic N) is 2. The van der Waals surface area contributed by atoms with Crippen LogP contribution >= 0.6 is 0 Å². The average Bonchev–Trinajstić information content (AvgIpc) is 3.34. The first-order valence-corrected chi connectivity index (χ1v) is 18.5. The van der Waals surface area contributed by atoms with Crippen LogP contribution in [0.5, 0.6) is 0 Å². The molecule has 4 aromatic carbocycles. The second-order valence-corrected chi connectivity index (χ2v) is 14.8. The van der Waals surface area contributed by atoms with E-state index in [9.17, 15) is 26.4 Å². The van der Waals surface area contributed by atoms with E-state index < -0.39 is 26.1 Å². The van der Waals surface area contributed by atoms with Crippen LogP contribution in [0.4, 0.5) is 10.5 Å². The lowest BCUT2D eigenvalue weighted by atomic mass is 10.0. The van der Waals surface area contributed by atoms with E-state index >= 15 is 0 Å². The minimum Gasteiger partial charge on any atom is -0.448 e. The topological polar surface area (TPSA) is 180 Å². The number of hydrogen-bond donors (Lipinski definition) is 3. The van der Waals surface area contributed by atoms with Crippen molar-refractivity contribution in [2.75, 3.05) is 11.9 Å². The second-order valence-electron chi connectivity index (χ2n) is 11.5. The highest BCUT2D eigenvalue weighted by atomic mass is 32.2. The van der Waals surface area contributed by atoms with Crippen molar-refractivity contribution >= 4 is 37.7 Å². The van der Waals surface area contributed by atoms with Gasteiger partial charge in [-0.15, -0.1) is 0 Å². The van der Waals surface area contributed by atoms with Crippen LogP contribution in [0, 0.1) is 27.7 Å². The number of sulfonamides is 2. The van der Waals surface area contributed by atoms with Gasteiger partial charge in [0.2, 0.25) is 15.9 Å². The van der Waals surface area contributed by atoms with Gasteiger partial charge in [-0.05, 0) is 87.4 Å². The molecule has 5 aromatic rings. The molecule has 0 aliphatic rings. The zero-order valence-electron chi connectivity index (χ0n) is 28.3. The van der Waals surface area contributed by atoms with E-state index in [-0.39, 0.29) is 22.3 Å². The molecule has 2 amide bonds. The Morgan fingerprint density at radius 1 is 0.760 bits per heavy atom. The van der Waals surface area contributed by atoms with Crippen LogP contribution in [0.2, 0.25) is 0 Å². The molecule has 50 heavy (non-hydrogen) atoms. The van der Waals surface area contributed by atoms with E-state index in [2.05, 4.69) is 5.32 Å². The lowest BCUT2D eigenvalue weighted by Crippen LogP contribution is -2.31. The normalized spacial score (nSPS) is 11.2. The number of nitrogens with two attached hydrogens (primary N) is 1. The summed E-state index contributed by atoms with van der Waals surface area (Å²) in [7, 11) is -7.51. The maximum absolute atomic E-state index is 12.3. The van der Waals surface area contributed by atoms with Crippen LogP contribution in [0.25, 0.3) is 16.8 Å². The molecule has 0 atom stereocenters. The van der Waals surface area contributed by atoms with E-state index in [1.165, 1.54) is 31.2 Å². The fourth-order valence-electron chi connectivity index (χ4n) is 4.94. The van der Waals surface area contributed by atoms with Crippen molar-refractivity contribution in [3.05, 3.63) is 125 Å². The number of anilines is 1. The first-order chi connectivity index (χ1) is 23.5. The summed E-state index contributed by atoms with van der Waals surface area (Å²) < 4.78 is 55.0. The van der Waals surface area contributed by atoms with Gasteiger partial charge in [-0.3, -0.25) is 4.79 Å². The molecule has 1 aromatic heterocycles. The lowest BCUT2D eigenvalue weighted by Gasteiger charge is -2.09. The number of carbonyl (C=O) groups is 2. The predicted octanol–water partition coefficient (Wildman–Crippen LogP) is 5.72.